The fourth-order valence-electron chi connectivity index (χ4n) is 0.373. The molecule has 1 unspecified atom stereocenters. The van der Waals surface area contributed by atoms with E-state index in [9.17, 15) is 0 Å². The Morgan fingerprint density at radius 1 is 1.57 bits per heavy atom. The second-order valence-corrected chi connectivity index (χ2v) is 6.68. The zero-order valence-corrected chi connectivity index (χ0v) is 7.77. The highest BCUT2D eigenvalue weighted by Gasteiger charge is 2.60. The van der Waals surface area contributed by atoms with E-state index in [0.29, 0.717) is 0 Å². The Balaban J connectivity index is 2.59. The Labute approximate surface area is 64.9 Å². The molecule has 1 rings (SSSR count). The number of rotatable bonds is 0. The highest BCUT2D eigenvalue weighted by atomic mass is 79.9. The summed E-state index contributed by atoms with van der Waals surface area (Å²) in [6.07, 6.45) is 1.00. The van der Waals surface area contributed by atoms with Gasteiger partial charge in [0.1, 0.15) is 3.23 Å². The molecule has 0 amide bonds. The first kappa shape index (κ1) is 6.37. The van der Waals surface area contributed by atoms with Crippen molar-refractivity contribution in [2.75, 3.05) is 0 Å². The molecule has 0 radical (unpaired) electrons. The van der Waals surface area contributed by atoms with Gasteiger partial charge in [0.05, 0.1) is 4.87 Å². The van der Waals surface area contributed by atoms with E-state index in [1.807, 2.05) is 6.92 Å². The maximum absolute atomic E-state index is 5.84. The SMILES string of the molecule is CC1(Cl)CC1(Br)Br. The van der Waals surface area contributed by atoms with Gasteiger partial charge in [-0.25, -0.2) is 0 Å². The molecule has 0 aromatic heterocycles. The first-order valence-corrected chi connectivity index (χ1v) is 3.99. The molecule has 0 aliphatic heterocycles. The lowest BCUT2D eigenvalue weighted by Gasteiger charge is -1.97. The van der Waals surface area contributed by atoms with Crippen molar-refractivity contribution in [3.05, 3.63) is 0 Å². The predicted octanol–water partition coefficient (Wildman–Crippen LogP) is 2.87. The van der Waals surface area contributed by atoms with E-state index in [1.54, 1.807) is 0 Å². The number of hydrogen-bond donors (Lipinski definition) is 0. The standard InChI is InChI=1S/C4H5Br2Cl/c1-3(7)2-4(3,5)6/h2H2,1H3. The molecule has 0 N–H and O–H groups in total. The second kappa shape index (κ2) is 1.39. The lowest BCUT2D eigenvalue weighted by atomic mass is 10.5. The molecule has 7 heavy (non-hydrogen) atoms. The van der Waals surface area contributed by atoms with Crippen LogP contribution in [0.15, 0.2) is 0 Å². The van der Waals surface area contributed by atoms with Crippen LogP contribution in [-0.2, 0) is 0 Å². The van der Waals surface area contributed by atoms with Crippen LogP contribution in [0.2, 0.25) is 0 Å². The van der Waals surface area contributed by atoms with Gasteiger partial charge in [-0.15, -0.1) is 11.6 Å². The summed E-state index contributed by atoms with van der Waals surface area (Å²) < 4.78 is 0.0363. The van der Waals surface area contributed by atoms with Gasteiger partial charge in [-0.2, -0.15) is 0 Å². The van der Waals surface area contributed by atoms with Gasteiger partial charge >= 0.3 is 0 Å². The minimum absolute atomic E-state index is 0.0363. The van der Waals surface area contributed by atoms with E-state index in [4.69, 9.17) is 11.6 Å². The van der Waals surface area contributed by atoms with Gasteiger partial charge < -0.3 is 0 Å². The smallest absolute Gasteiger partial charge is 0.101 e. The van der Waals surface area contributed by atoms with Crippen LogP contribution in [-0.4, -0.2) is 8.11 Å². The van der Waals surface area contributed by atoms with Gasteiger partial charge in [-0.3, -0.25) is 0 Å². The normalized spacial score (nSPS) is 46.3. The summed E-state index contributed by atoms with van der Waals surface area (Å²) in [4.78, 5) is -0.0486. The van der Waals surface area contributed by atoms with E-state index >= 15 is 0 Å². The summed E-state index contributed by atoms with van der Waals surface area (Å²) >= 11 is 12.6. The second-order valence-electron chi connectivity index (χ2n) is 2.08. The molecule has 0 bridgehead atoms. The van der Waals surface area contributed by atoms with Crippen LogP contribution >= 0.6 is 43.5 Å². The molecule has 1 fully saturated rings. The van der Waals surface area contributed by atoms with Crippen molar-refractivity contribution in [1.29, 1.82) is 0 Å². The minimum atomic E-state index is -0.0486. The van der Waals surface area contributed by atoms with Crippen molar-refractivity contribution in [3.8, 4) is 0 Å². The van der Waals surface area contributed by atoms with Crippen LogP contribution in [0.3, 0.4) is 0 Å². The van der Waals surface area contributed by atoms with Crippen molar-refractivity contribution in [2.45, 2.75) is 21.5 Å². The van der Waals surface area contributed by atoms with Gasteiger partial charge in [0.15, 0.2) is 0 Å². The van der Waals surface area contributed by atoms with E-state index in [0.717, 1.165) is 6.42 Å². The minimum Gasteiger partial charge on any atom is -0.117 e. The zero-order chi connectivity index (χ0) is 5.71. The predicted molar refractivity (Wildman–Crippen MR) is 39.5 cm³/mol. The number of alkyl halides is 3. The molecule has 42 valence electrons. The van der Waals surface area contributed by atoms with Crippen LogP contribution < -0.4 is 0 Å². The topological polar surface area (TPSA) is 0 Å². The van der Waals surface area contributed by atoms with E-state index in [-0.39, 0.29) is 8.11 Å². The number of hydrogen-bond acceptors (Lipinski definition) is 0. The Hall–Kier alpha value is 1.25. The fourth-order valence-corrected chi connectivity index (χ4v) is 2.02. The molecular weight excluding hydrogens is 243 g/mol. The van der Waals surface area contributed by atoms with Crippen LogP contribution in [0.1, 0.15) is 13.3 Å². The Kier molecular flexibility index (Phi) is 1.27. The third-order valence-corrected chi connectivity index (χ3v) is 4.42. The molecular formula is C4H5Br2Cl. The van der Waals surface area contributed by atoms with Crippen molar-refractivity contribution in [2.24, 2.45) is 0 Å². The third kappa shape index (κ3) is 0.984. The Bertz CT molecular complexity index is 85.9. The number of halogens is 3. The maximum Gasteiger partial charge on any atom is 0.101 e. The van der Waals surface area contributed by atoms with Crippen LogP contribution in [0, 0.1) is 0 Å². The lowest BCUT2D eigenvalue weighted by Crippen LogP contribution is -1.98. The molecule has 0 heterocycles. The molecule has 0 aromatic carbocycles. The first-order valence-electron chi connectivity index (χ1n) is 2.02. The molecule has 0 spiro atoms. The molecule has 0 saturated heterocycles. The van der Waals surface area contributed by atoms with E-state index < -0.39 is 0 Å². The Morgan fingerprint density at radius 3 is 1.71 bits per heavy atom. The van der Waals surface area contributed by atoms with Gasteiger partial charge in [0, 0.05) is 0 Å². The molecule has 0 aromatic rings. The molecule has 1 atom stereocenters. The molecule has 1 saturated carbocycles. The quantitative estimate of drug-likeness (QED) is 0.578. The van der Waals surface area contributed by atoms with Crippen molar-refractivity contribution >= 4 is 43.5 Å². The zero-order valence-electron chi connectivity index (χ0n) is 3.84. The highest BCUT2D eigenvalue weighted by molar-refractivity contribution is 9.25. The average molecular weight is 248 g/mol. The summed E-state index contributed by atoms with van der Waals surface area (Å²) in [5.41, 5.74) is 0. The fraction of sp³-hybridized carbons (Fsp3) is 1.00. The van der Waals surface area contributed by atoms with E-state index in [2.05, 4.69) is 31.9 Å². The average Bonchev–Trinajstić information content (AvgIpc) is 1.63. The summed E-state index contributed by atoms with van der Waals surface area (Å²) in [7, 11) is 0. The lowest BCUT2D eigenvalue weighted by molar-refractivity contribution is 1.03. The van der Waals surface area contributed by atoms with Gasteiger partial charge in [-0.1, -0.05) is 31.9 Å². The van der Waals surface area contributed by atoms with Crippen LogP contribution in [0.25, 0.3) is 0 Å². The molecule has 1 aliphatic carbocycles. The summed E-state index contributed by atoms with van der Waals surface area (Å²) in [6, 6.07) is 0. The first-order chi connectivity index (χ1) is 2.96. The van der Waals surface area contributed by atoms with Crippen molar-refractivity contribution < 1.29 is 0 Å². The monoisotopic (exact) mass is 246 g/mol. The summed E-state index contributed by atoms with van der Waals surface area (Å²) in [6.45, 7) is 2.00. The maximum atomic E-state index is 5.84. The molecule has 0 nitrogen and oxygen atoms in total. The Morgan fingerprint density at radius 2 is 1.71 bits per heavy atom. The van der Waals surface area contributed by atoms with Gasteiger partial charge in [-0.05, 0) is 13.3 Å². The van der Waals surface area contributed by atoms with Crippen LogP contribution in [0.5, 0.6) is 0 Å². The summed E-state index contributed by atoms with van der Waals surface area (Å²) in [5, 5.41) is 0. The molecule has 1 aliphatic rings. The van der Waals surface area contributed by atoms with Crippen LogP contribution in [0.4, 0.5) is 0 Å². The third-order valence-electron chi connectivity index (χ3n) is 1.19. The van der Waals surface area contributed by atoms with E-state index in [1.165, 1.54) is 0 Å². The van der Waals surface area contributed by atoms with Crippen molar-refractivity contribution in [1.82, 2.24) is 0 Å². The van der Waals surface area contributed by atoms with Gasteiger partial charge in [0.2, 0.25) is 0 Å². The highest BCUT2D eigenvalue weighted by Crippen LogP contribution is 2.63. The largest absolute Gasteiger partial charge is 0.117 e. The van der Waals surface area contributed by atoms with Crippen molar-refractivity contribution in [3.63, 3.8) is 0 Å². The van der Waals surface area contributed by atoms with Gasteiger partial charge in [0.25, 0.3) is 0 Å². The summed E-state index contributed by atoms with van der Waals surface area (Å²) in [5.74, 6) is 0. The molecule has 3 heteroatoms.